The number of methoxy groups -OCH3 is 5. The minimum atomic E-state index is -1.59. The molecular formula is C105H45ClO10. The third-order valence-electron chi connectivity index (χ3n) is 34.5. The van der Waals surface area contributed by atoms with Crippen molar-refractivity contribution >= 4 is 257 Å². The number of esters is 5. The van der Waals surface area contributed by atoms with E-state index in [4.69, 9.17) is 23.7 Å². The van der Waals surface area contributed by atoms with Gasteiger partial charge in [-0.05, 0) is 349 Å². The Balaban J connectivity index is 0.915. The van der Waals surface area contributed by atoms with Crippen LogP contribution in [0.3, 0.4) is 0 Å². The first-order chi connectivity index (χ1) is 56.9. The van der Waals surface area contributed by atoms with Gasteiger partial charge in [-0.3, -0.25) is 24.0 Å². The molecule has 0 N–H and O–H groups in total. The van der Waals surface area contributed by atoms with Crippen LogP contribution < -0.4 is 0 Å². The smallest absolute Gasteiger partial charge is 0.309 e. The minimum absolute atomic E-state index is 0.0839. The molecule has 0 aliphatic heterocycles. The number of benzene rings is 20. The van der Waals surface area contributed by atoms with E-state index >= 15 is 0 Å². The van der Waals surface area contributed by atoms with Crippen LogP contribution in [0, 0.1) is 0 Å². The van der Waals surface area contributed by atoms with Gasteiger partial charge in [0.15, 0.2) is 0 Å². The normalized spacial score (nSPS) is 23.7. The van der Waals surface area contributed by atoms with Crippen LogP contribution in [0.1, 0.15) is 111 Å². The highest BCUT2D eigenvalue weighted by Crippen LogP contribution is 2.94. The third kappa shape index (κ3) is 4.11. The van der Waals surface area contributed by atoms with Gasteiger partial charge in [0.2, 0.25) is 0 Å². The molecule has 4 atom stereocenters. The number of ether oxygens (including phenoxy) is 5. The molecule has 4 unspecified atom stereocenters. The van der Waals surface area contributed by atoms with Crippen LogP contribution in [-0.4, -0.2) is 70.3 Å². The van der Waals surface area contributed by atoms with Gasteiger partial charge in [-0.25, -0.2) is 0 Å². The van der Waals surface area contributed by atoms with Crippen LogP contribution in [0.2, 0.25) is 0 Å². The second kappa shape index (κ2) is 15.3. The van der Waals surface area contributed by atoms with Crippen LogP contribution >= 0.6 is 11.6 Å². The molecule has 116 heavy (non-hydrogen) atoms. The molecule has 26 aromatic rings. The van der Waals surface area contributed by atoms with Crippen LogP contribution in [0.15, 0.2) is 144 Å². The van der Waals surface area contributed by atoms with E-state index in [0.717, 1.165) is 55.6 Å². The highest BCUT2D eigenvalue weighted by atomic mass is 35.5. The second-order valence-corrected chi connectivity index (χ2v) is 37.5. The lowest BCUT2D eigenvalue weighted by molar-refractivity contribution is -0.140. The van der Waals surface area contributed by atoms with E-state index in [2.05, 4.69) is 121 Å². The third-order valence-corrected chi connectivity index (χ3v) is 35.2. The van der Waals surface area contributed by atoms with E-state index < -0.39 is 31.9 Å². The Morgan fingerprint density at radius 1 is 0.216 bits per heavy atom. The molecule has 0 fully saturated rings. The number of hydrogen-bond acceptors (Lipinski definition) is 10. The Kier molecular flexibility index (Phi) is 7.39. The highest BCUT2D eigenvalue weighted by Gasteiger charge is 2.87. The van der Waals surface area contributed by atoms with Gasteiger partial charge in [0.25, 0.3) is 0 Å². The van der Waals surface area contributed by atoms with Crippen molar-refractivity contribution in [2.45, 2.75) is 64.1 Å². The lowest BCUT2D eigenvalue weighted by Gasteiger charge is -2.64. The fourth-order valence-electron chi connectivity index (χ4n) is 32.5. The number of halogens is 1. The highest BCUT2D eigenvalue weighted by molar-refractivity contribution is 6.77. The van der Waals surface area contributed by atoms with Gasteiger partial charge >= 0.3 is 29.8 Å². The van der Waals surface area contributed by atoms with Gasteiger partial charge in [-0.15, -0.1) is 11.6 Å². The van der Waals surface area contributed by atoms with E-state index in [1.807, 2.05) is 0 Å². The van der Waals surface area contributed by atoms with Crippen LogP contribution in [0.5, 0.6) is 0 Å². The van der Waals surface area contributed by atoms with Crippen molar-refractivity contribution < 1.29 is 47.7 Å². The molecule has 11 aliphatic carbocycles. The molecule has 10 nitrogen and oxygen atoms in total. The van der Waals surface area contributed by atoms with Gasteiger partial charge < -0.3 is 23.7 Å². The maximum absolute atomic E-state index is 13.9. The zero-order valence-electron chi connectivity index (χ0n) is 62.0. The predicted molar refractivity (Wildman–Crippen MR) is 451 cm³/mol. The number of carbonyl (C=O) groups excluding carboxylic acids is 5. The number of allylic oxidation sites excluding steroid dienone is 4. The first-order valence-electron chi connectivity index (χ1n) is 40.7. The summed E-state index contributed by atoms with van der Waals surface area (Å²) < 4.78 is 27.6. The van der Waals surface area contributed by atoms with Gasteiger partial charge in [-0.2, -0.15) is 0 Å². The molecule has 0 saturated heterocycles. The fraction of sp³-hybridized carbons (Fsp3) is 0.152. The van der Waals surface area contributed by atoms with Gasteiger partial charge in [-0.1, -0.05) is 121 Å². The summed E-state index contributed by atoms with van der Waals surface area (Å²) in [5.74, 6) is -1.55. The molecule has 532 valence electrons. The molecule has 0 spiro atoms. The lowest BCUT2D eigenvalue weighted by atomic mass is 9.39. The Morgan fingerprint density at radius 2 is 0.371 bits per heavy atom. The molecule has 0 bridgehead atoms. The summed E-state index contributed by atoms with van der Waals surface area (Å²) in [6.45, 7) is 0. The number of rotatable bonds is 15. The van der Waals surface area contributed by atoms with Gasteiger partial charge in [0.05, 0.1) is 94.7 Å². The van der Waals surface area contributed by atoms with Gasteiger partial charge in [0, 0.05) is 0 Å². The number of hydrogen-bond donors (Lipinski definition) is 0. The lowest BCUT2D eigenvalue weighted by Crippen LogP contribution is -2.65. The van der Waals surface area contributed by atoms with Crippen molar-refractivity contribution in [3.8, 4) is 0 Å². The minimum Gasteiger partial charge on any atom is -0.469 e. The summed E-state index contributed by atoms with van der Waals surface area (Å²) in [6.07, 6.45) is 0.455. The first-order valence-corrected chi connectivity index (χ1v) is 41.0. The van der Waals surface area contributed by atoms with Crippen molar-refractivity contribution in [1.29, 1.82) is 0 Å². The van der Waals surface area contributed by atoms with Crippen molar-refractivity contribution in [2.24, 2.45) is 0 Å². The Bertz CT molecular complexity index is 9150. The van der Waals surface area contributed by atoms with E-state index in [0.29, 0.717) is 0 Å². The SMILES string of the molecule is COC(=O)Cc1ccc(C23C4=C5C6(c7ccc(CC(=O)OC)cc7)c7c2c2c8c3c3c9c%10c%11c%12c%13c%14c%15c%16c%17c%18c(c6c6c7c7c2c2c%19c8c9c8c9c%10c%13c%10c%13c%14c%17c%14c%17c%18c6c6c7c2c2c(c%198)c(c9%10)c(c%13%14)c2c6%17)C%16(c2ccc(CC(=O)OC)cc2)C5(Cl)C(=C4C3%11c2ccc(CC(=O)OC)cc2)C%12%15c2ccc(CC(=O)OC)cc2)cc1. The molecule has 26 aromatic carbocycles. The Morgan fingerprint density at radius 3 is 0.569 bits per heavy atom. The molecule has 37 rings (SSSR count). The molecule has 0 aromatic heterocycles. The van der Waals surface area contributed by atoms with Crippen molar-refractivity contribution in [2.75, 3.05) is 35.5 Å². The predicted octanol–water partition coefficient (Wildman–Crippen LogP) is 20.1. The van der Waals surface area contributed by atoms with Crippen LogP contribution in [-0.2, 0) is 107 Å². The summed E-state index contributed by atoms with van der Waals surface area (Å²) in [4.78, 5) is 67.8. The Labute approximate surface area is 654 Å². The largest absolute Gasteiger partial charge is 0.469 e. The van der Waals surface area contributed by atoms with Crippen LogP contribution in [0.4, 0.5) is 0 Å². The molecule has 11 heteroatoms. The summed E-state index contributed by atoms with van der Waals surface area (Å²) >= 11 is 11.3. The van der Waals surface area contributed by atoms with Crippen molar-refractivity contribution in [3.05, 3.63) is 255 Å². The first kappa shape index (κ1) is 56.0. The quantitative estimate of drug-likeness (QED) is 0.0423. The van der Waals surface area contributed by atoms with E-state index in [9.17, 15) is 35.6 Å². The van der Waals surface area contributed by atoms with Crippen LogP contribution in [0.25, 0.3) is 215 Å². The van der Waals surface area contributed by atoms with Gasteiger partial charge in [0.1, 0.15) is 4.87 Å². The van der Waals surface area contributed by atoms with Crippen molar-refractivity contribution in [3.63, 3.8) is 0 Å². The summed E-state index contributed by atoms with van der Waals surface area (Å²) in [7, 11) is 7.37. The summed E-state index contributed by atoms with van der Waals surface area (Å²) in [6, 6.07) is 46.1. The van der Waals surface area contributed by atoms with E-state index in [1.54, 1.807) is 0 Å². The zero-order chi connectivity index (χ0) is 75.1. The second-order valence-electron chi connectivity index (χ2n) is 36.9. The van der Waals surface area contributed by atoms with Crippen molar-refractivity contribution in [1.82, 2.24) is 0 Å². The monoisotopic (exact) mass is 1500 g/mol. The maximum atomic E-state index is 13.9. The number of alkyl halides is 1. The number of carbonyl (C=O) groups is 5. The Hall–Kier alpha value is -13.3. The summed E-state index contributed by atoms with van der Waals surface area (Å²) in [5.41, 5.74) is 21.8. The fourth-order valence-corrected chi connectivity index (χ4v) is 33.3. The zero-order valence-corrected chi connectivity index (χ0v) is 62.8. The molecule has 0 radical (unpaired) electrons. The molecule has 0 amide bonds. The van der Waals surface area contributed by atoms with E-state index in [1.165, 1.54) is 329 Å². The average Bonchev–Trinajstić information content (AvgIpc) is 1.36. The average molecular weight is 1500 g/mol. The molecular weight excluding hydrogens is 1460 g/mol. The topological polar surface area (TPSA) is 132 Å². The molecule has 11 aliphatic rings. The maximum Gasteiger partial charge on any atom is 0.309 e. The van der Waals surface area contributed by atoms with E-state index in [-0.39, 0.29) is 62.0 Å². The molecule has 0 saturated carbocycles. The standard InChI is InChI=1S/C105H45ClO10/c1-112-41(107)26-31-6-16-36(17-7-31)100-86-76-66-56-51-46-47-49-50-48(46)53-59-57(51)67(66)77-79-69(59)71-61(53)63-55(50)65-64-54(49)62-60-52(47)58(56)68-70(60)80-82-72(62)74(64)84-85-75(65)73(63)83-81(71)91-89(79)101(87(77)86,37-18-8-32(9-19-37)27-42(108)113-2)97-96(100)98-102(90(80)88(100)78(68)76,38-20-10-33(11-21-38)28-43(109)114-3)92(82)94(84)104(40-24-14-35(15-25-40)30-45(111)116-5)95(85)93(83)103(91,99(97)105(98,104)106)39-22-12-34(13-23-39)29-44(110)115-4/h6-25H,26-30H2,1-5H3. The molecule has 0 heterocycles. The summed E-state index contributed by atoms with van der Waals surface area (Å²) in [5, 5.41) is 55.7.